The average Bonchev–Trinajstić information content (AvgIpc) is 2.37. The standard InChI is InChI=1S/C14H19F3N2O/c1-2-6-12(18)13(20)19(10-14(15,16)17)9-11-7-4-3-5-8-11/h3-5,7-8,12H,2,6,9-10,18H2,1H3/t12-/m0/s1. The fraction of sp³-hybridized carbons (Fsp3) is 0.500. The third-order valence-electron chi connectivity index (χ3n) is 2.81. The molecule has 20 heavy (non-hydrogen) atoms. The summed E-state index contributed by atoms with van der Waals surface area (Å²) in [5, 5.41) is 0. The minimum absolute atomic E-state index is 0.0867. The Kier molecular flexibility index (Phi) is 6.01. The van der Waals surface area contributed by atoms with Crippen LogP contribution in [0.3, 0.4) is 0 Å². The van der Waals surface area contributed by atoms with Gasteiger partial charge in [-0.3, -0.25) is 4.79 Å². The number of carbonyl (C=O) groups excluding carboxylic acids is 1. The van der Waals surface area contributed by atoms with Gasteiger partial charge >= 0.3 is 6.18 Å². The van der Waals surface area contributed by atoms with Crippen LogP contribution in [0.5, 0.6) is 0 Å². The number of nitrogens with two attached hydrogens (primary N) is 1. The van der Waals surface area contributed by atoms with E-state index >= 15 is 0 Å². The van der Waals surface area contributed by atoms with E-state index in [0.29, 0.717) is 18.4 Å². The van der Waals surface area contributed by atoms with Gasteiger partial charge < -0.3 is 10.6 Å². The van der Waals surface area contributed by atoms with Crippen molar-refractivity contribution in [3.63, 3.8) is 0 Å². The largest absolute Gasteiger partial charge is 0.406 e. The zero-order valence-corrected chi connectivity index (χ0v) is 11.4. The highest BCUT2D eigenvalue weighted by atomic mass is 19.4. The van der Waals surface area contributed by atoms with Gasteiger partial charge in [0.15, 0.2) is 0 Å². The number of nitrogens with zero attached hydrogens (tertiary/aromatic N) is 1. The molecule has 0 radical (unpaired) electrons. The molecular weight excluding hydrogens is 269 g/mol. The van der Waals surface area contributed by atoms with E-state index in [9.17, 15) is 18.0 Å². The molecule has 1 amide bonds. The minimum atomic E-state index is -4.43. The number of amides is 1. The molecule has 1 rings (SSSR count). The van der Waals surface area contributed by atoms with Crippen molar-refractivity contribution in [1.82, 2.24) is 4.90 Å². The van der Waals surface area contributed by atoms with Crippen LogP contribution < -0.4 is 5.73 Å². The lowest BCUT2D eigenvalue weighted by molar-refractivity contribution is -0.163. The number of alkyl halides is 3. The predicted octanol–water partition coefficient (Wildman–Crippen LogP) is 2.70. The number of carbonyl (C=O) groups is 1. The molecule has 112 valence electrons. The maximum Gasteiger partial charge on any atom is 0.406 e. The quantitative estimate of drug-likeness (QED) is 0.875. The molecule has 2 N–H and O–H groups in total. The van der Waals surface area contributed by atoms with Crippen LogP contribution in [-0.4, -0.2) is 29.6 Å². The maximum absolute atomic E-state index is 12.6. The maximum atomic E-state index is 12.6. The van der Waals surface area contributed by atoms with Crippen molar-refractivity contribution in [3.8, 4) is 0 Å². The number of hydrogen-bond acceptors (Lipinski definition) is 2. The Labute approximate surface area is 116 Å². The van der Waals surface area contributed by atoms with Gasteiger partial charge in [-0.05, 0) is 12.0 Å². The molecule has 0 aromatic heterocycles. The van der Waals surface area contributed by atoms with Gasteiger partial charge in [0.2, 0.25) is 5.91 Å². The van der Waals surface area contributed by atoms with Crippen molar-refractivity contribution < 1.29 is 18.0 Å². The average molecular weight is 288 g/mol. The Morgan fingerprint density at radius 1 is 1.30 bits per heavy atom. The molecule has 0 saturated heterocycles. The fourth-order valence-corrected chi connectivity index (χ4v) is 1.90. The molecule has 0 bridgehead atoms. The molecule has 0 heterocycles. The zero-order valence-electron chi connectivity index (χ0n) is 11.4. The van der Waals surface area contributed by atoms with Gasteiger partial charge in [-0.15, -0.1) is 0 Å². The second-order valence-electron chi connectivity index (χ2n) is 4.69. The lowest BCUT2D eigenvalue weighted by Crippen LogP contribution is -2.47. The Balaban J connectivity index is 2.82. The molecular formula is C14H19F3N2O. The summed E-state index contributed by atoms with van der Waals surface area (Å²) in [5.74, 6) is -0.659. The fourth-order valence-electron chi connectivity index (χ4n) is 1.90. The number of halogens is 3. The lowest BCUT2D eigenvalue weighted by atomic mass is 10.1. The third kappa shape index (κ3) is 5.61. The van der Waals surface area contributed by atoms with E-state index in [-0.39, 0.29) is 6.54 Å². The van der Waals surface area contributed by atoms with Gasteiger partial charge in [-0.25, -0.2) is 0 Å². The number of rotatable bonds is 6. The van der Waals surface area contributed by atoms with Gasteiger partial charge in [0.1, 0.15) is 6.54 Å². The molecule has 0 saturated carbocycles. The van der Waals surface area contributed by atoms with Crippen molar-refractivity contribution in [2.75, 3.05) is 6.54 Å². The van der Waals surface area contributed by atoms with Crippen molar-refractivity contribution in [1.29, 1.82) is 0 Å². The van der Waals surface area contributed by atoms with Gasteiger partial charge in [-0.2, -0.15) is 13.2 Å². The molecule has 0 aliphatic carbocycles. The summed E-state index contributed by atoms with van der Waals surface area (Å²) in [4.78, 5) is 12.8. The first-order valence-corrected chi connectivity index (χ1v) is 6.48. The Bertz CT molecular complexity index is 420. The molecule has 0 spiro atoms. The van der Waals surface area contributed by atoms with Crippen LogP contribution in [0.2, 0.25) is 0 Å². The van der Waals surface area contributed by atoms with Gasteiger partial charge in [-0.1, -0.05) is 43.7 Å². The Morgan fingerprint density at radius 2 is 1.90 bits per heavy atom. The molecule has 6 heteroatoms. The van der Waals surface area contributed by atoms with E-state index in [1.807, 2.05) is 6.92 Å². The first-order chi connectivity index (χ1) is 9.33. The summed E-state index contributed by atoms with van der Waals surface area (Å²) in [6, 6.07) is 7.69. The highest BCUT2D eigenvalue weighted by Gasteiger charge is 2.34. The van der Waals surface area contributed by atoms with Gasteiger partial charge in [0.05, 0.1) is 6.04 Å². The van der Waals surface area contributed by atoms with Crippen LogP contribution in [0.15, 0.2) is 30.3 Å². The van der Waals surface area contributed by atoms with E-state index in [1.54, 1.807) is 30.3 Å². The van der Waals surface area contributed by atoms with Gasteiger partial charge in [0.25, 0.3) is 0 Å². The predicted molar refractivity (Wildman–Crippen MR) is 70.8 cm³/mol. The SMILES string of the molecule is CCC[C@H](N)C(=O)N(Cc1ccccc1)CC(F)(F)F. The van der Waals surface area contributed by atoms with Crippen LogP contribution in [0.1, 0.15) is 25.3 Å². The summed E-state index contributed by atoms with van der Waals surface area (Å²) >= 11 is 0. The van der Waals surface area contributed by atoms with Crippen LogP contribution in [0.25, 0.3) is 0 Å². The third-order valence-corrected chi connectivity index (χ3v) is 2.81. The highest BCUT2D eigenvalue weighted by Crippen LogP contribution is 2.19. The van der Waals surface area contributed by atoms with Crippen molar-refractivity contribution in [3.05, 3.63) is 35.9 Å². The van der Waals surface area contributed by atoms with Crippen LogP contribution in [0.4, 0.5) is 13.2 Å². The number of benzene rings is 1. The highest BCUT2D eigenvalue weighted by molar-refractivity contribution is 5.81. The Hall–Kier alpha value is -1.56. The summed E-state index contributed by atoms with van der Waals surface area (Å²) in [7, 11) is 0. The van der Waals surface area contributed by atoms with Crippen molar-refractivity contribution in [2.45, 2.75) is 38.5 Å². The molecule has 0 aliphatic heterocycles. The van der Waals surface area contributed by atoms with Crippen LogP contribution >= 0.6 is 0 Å². The van der Waals surface area contributed by atoms with Crippen molar-refractivity contribution in [2.24, 2.45) is 5.73 Å². The normalized spacial score (nSPS) is 13.1. The van der Waals surface area contributed by atoms with Crippen LogP contribution in [0, 0.1) is 0 Å². The van der Waals surface area contributed by atoms with E-state index in [4.69, 9.17) is 5.73 Å². The summed E-state index contributed by atoms with van der Waals surface area (Å²) in [6.07, 6.45) is -3.41. The van der Waals surface area contributed by atoms with Gasteiger partial charge in [0, 0.05) is 6.54 Å². The van der Waals surface area contributed by atoms with E-state index in [1.165, 1.54) is 0 Å². The molecule has 0 unspecified atom stereocenters. The van der Waals surface area contributed by atoms with Crippen molar-refractivity contribution >= 4 is 5.91 Å². The lowest BCUT2D eigenvalue weighted by Gasteiger charge is -2.26. The minimum Gasteiger partial charge on any atom is -0.328 e. The Morgan fingerprint density at radius 3 is 2.40 bits per heavy atom. The molecule has 1 aromatic rings. The monoisotopic (exact) mass is 288 g/mol. The second kappa shape index (κ2) is 7.28. The summed E-state index contributed by atoms with van der Waals surface area (Å²) in [5.41, 5.74) is 6.29. The molecule has 0 aliphatic rings. The van der Waals surface area contributed by atoms with E-state index in [0.717, 1.165) is 4.90 Å². The first-order valence-electron chi connectivity index (χ1n) is 6.48. The first kappa shape index (κ1) is 16.5. The molecule has 3 nitrogen and oxygen atoms in total. The number of hydrogen-bond donors (Lipinski definition) is 1. The zero-order chi connectivity index (χ0) is 15.2. The molecule has 0 fully saturated rings. The second-order valence-corrected chi connectivity index (χ2v) is 4.69. The molecule has 1 atom stereocenters. The summed E-state index contributed by atoms with van der Waals surface area (Å²) in [6.45, 7) is 0.465. The molecule has 1 aromatic carbocycles. The smallest absolute Gasteiger partial charge is 0.328 e. The van der Waals surface area contributed by atoms with E-state index in [2.05, 4.69) is 0 Å². The van der Waals surface area contributed by atoms with E-state index < -0.39 is 24.7 Å². The van der Waals surface area contributed by atoms with Crippen LogP contribution in [-0.2, 0) is 11.3 Å². The summed E-state index contributed by atoms with van der Waals surface area (Å²) < 4.78 is 37.8. The topological polar surface area (TPSA) is 46.3 Å².